The Labute approximate surface area is 119 Å². The molecule has 1 atom stereocenters. The highest BCUT2D eigenvalue weighted by atomic mass is 19.4. The molecule has 4 nitrogen and oxygen atoms in total. The first kappa shape index (κ1) is 15.3. The fraction of sp³-hybridized carbons (Fsp3) is 0.429. The monoisotopic (exact) mass is 301 g/mol. The lowest BCUT2D eigenvalue weighted by atomic mass is 10.0. The maximum Gasteiger partial charge on any atom is 0.416 e. The molecule has 7 heteroatoms. The van der Waals surface area contributed by atoms with Gasteiger partial charge in [0, 0.05) is 13.1 Å². The number of halogens is 3. The minimum Gasteiger partial charge on any atom is -0.481 e. The highest BCUT2D eigenvalue weighted by Crippen LogP contribution is 2.32. The standard InChI is InChI=1S/C14H14F3NO3/c15-14(16,17)11-4-2-1-3-9(11)7-12(19)18-6-5-10(8-18)13(20)21/h1-4,10H,5-8H2,(H,20,21)/t10-/m1/s1. The number of nitrogens with zero attached hydrogens (tertiary/aromatic N) is 1. The molecule has 0 aromatic heterocycles. The highest BCUT2D eigenvalue weighted by Gasteiger charge is 2.35. The van der Waals surface area contributed by atoms with Crippen LogP contribution in [-0.4, -0.2) is 35.0 Å². The fourth-order valence-corrected chi connectivity index (χ4v) is 2.41. The third-order valence-electron chi connectivity index (χ3n) is 3.55. The zero-order valence-electron chi connectivity index (χ0n) is 11.1. The van der Waals surface area contributed by atoms with Gasteiger partial charge in [0.1, 0.15) is 0 Å². The van der Waals surface area contributed by atoms with E-state index < -0.39 is 29.5 Å². The van der Waals surface area contributed by atoms with E-state index in [4.69, 9.17) is 5.11 Å². The first-order valence-electron chi connectivity index (χ1n) is 6.44. The van der Waals surface area contributed by atoms with E-state index in [-0.39, 0.29) is 25.1 Å². The largest absolute Gasteiger partial charge is 0.481 e. The van der Waals surface area contributed by atoms with Gasteiger partial charge in [-0.1, -0.05) is 18.2 Å². The molecule has 1 fully saturated rings. The Hall–Kier alpha value is -2.05. The summed E-state index contributed by atoms with van der Waals surface area (Å²) in [6.45, 7) is 0.326. The van der Waals surface area contributed by atoms with Crippen LogP contribution in [0.25, 0.3) is 0 Å². The van der Waals surface area contributed by atoms with E-state index in [2.05, 4.69) is 0 Å². The average molecular weight is 301 g/mol. The molecule has 0 spiro atoms. The van der Waals surface area contributed by atoms with Crippen LogP contribution in [0.3, 0.4) is 0 Å². The third kappa shape index (κ3) is 3.53. The molecular weight excluding hydrogens is 287 g/mol. The van der Waals surface area contributed by atoms with E-state index in [9.17, 15) is 22.8 Å². The summed E-state index contributed by atoms with van der Waals surface area (Å²) in [5.74, 6) is -2.09. The number of carboxylic acids is 1. The maximum absolute atomic E-state index is 12.8. The van der Waals surface area contributed by atoms with Gasteiger partial charge in [0.15, 0.2) is 0 Å². The van der Waals surface area contributed by atoms with Crippen molar-refractivity contribution in [1.82, 2.24) is 4.90 Å². The van der Waals surface area contributed by atoms with Crippen LogP contribution in [0.4, 0.5) is 13.2 Å². The van der Waals surface area contributed by atoms with Crippen LogP contribution in [0.2, 0.25) is 0 Å². The molecule has 114 valence electrons. The summed E-state index contributed by atoms with van der Waals surface area (Å²) in [5.41, 5.74) is -0.916. The second kappa shape index (κ2) is 5.75. The molecule has 0 bridgehead atoms. The minimum atomic E-state index is -4.51. The first-order chi connectivity index (χ1) is 9.79. The maximum atomic E-state index is 12.8. The number of carboxylic acid groups (broad SMARTS) is 1. The molecule has 1 heterocycles. The summed E-state index contributed by atoms with van der Waals surface area (Å²) in [6, 6.07) is 4.92. The van der Waals surface area contributed by atoms with Gasteiger partial charge in [0.25, 0.3) is 0 Å². The summed E-state index contributed by atoms with van der Waals surface area (Å²) >= 11 is 0. The van der Waals surface area contributed by atoms with E-state index in [1.807, 2.05) is 0 Å². The van der Waals surface area contributed by atoms with Gasteiger partial charge in [-0.05, 0) is 18.1 Å². The van der Waals surface area contributed by atoms with Crippen molar-refractivity contribution in [3.63, 3.8) is 0 Å². The SMILES string of the molecule is O=C(O)[C@@H]1CCN(C(=O)Cc2ccccc2C(F)(F)F)C1. The molecule has 1 aromatic rings. The number of likely N-dealkylation sites (tertiary alicyclic amines) is 1. The van der Waals surface area contributed by atoms with Crippen LogP contribution in [0.5, 0.6) is 0 Å². The number of benzene rings is 1. The Morgan fingerprint density at radius 2 is 1.95 bits per heavy atom. The highest BCUT2D eigenvalue weighted by molar-refractivity contribution is 5.81. The number of hydrogen-bond donors (Lipinski definition) is 1. The van der Waals surface area contributed by atoms with E-state index in [1.54, 1.807) is 0 Å². The lowest BCUT2D eigenvalue weighted by Crippen LogP contribution is -2.31. The van der Waals surface area contributed by atoms with Crippen LogP contribution in [0.1, 0.15) is 17.5 Å². The number of carbonyl (C=O) groups excluding carboxylic acids is 1. The molecule has 2 rings (SSSR count). The fourth-order valence-electron chi connectivity index (χ4n) is 2.41. The predicted octanol–water partition coefficient (Wildman–Crippen LogP) is 2.18. The Kier molecular flexibility index (Phi) is 4.20. The van der Waals surface area contributed by atoms with Crippen molar-refractivity contribution in [2.75, 3.05) is 13.1 Å². The van der Waals surface area contributed by atoms with E-state index in [1.165, 1.54) is 23.1 Å². The number of amides is 1. The van der Waals surface area contributed by atoms with Gasteiger partial charge in [-0.15, -0.1) is 0 Å². The van der Waals surface area contributed by atoms with Gasteiger partial charge < -0.3 is 10.0 Å². The summed E-state index contributed by atoms with van der Waals surface area (Å²) in [7, 11) is 0. The van der Waals surface area contributed by atoms with Gasteiger partial charge in [-0.2, -0.15) is 13.2 Å². The van der Waals surface area contributed by atoms with E-state index in [0.717, 1.165) is 6.07 Å². The Morgan fingerprint density at radius 3 is 2.52 bits per heavy atom. The van der Waals surface area contributed by atoms with Crippen LogP contribution in [0.15, 0.2) is 24.3 Å². The van der Waals surface area contributed by atoms with E-state index in [0.29, 0.717) is 6.42 Å². The molecule has 0 unspecified atom stereocenters. The van der Waals surface area contributed by atoms with Crippen LogP contribution < -0.4 is 0 Å². The summed E-state index contributed by atoms with van der Waals surface area (Å²) in [5, 5.41) is 8.87. The molecule has 1 N–H and O–H groups in total. The molecule has 21 heavy (non-hydrogen) atoms. The quantitative estimate of drug-likeness (QED) is 0.931. The van der Waals surface area contributed by atoms with Crippen molar-refractivity contribution in [2.45, 2.75) is 19.0 Å². The molecule has 0 saturated carbocycles. The zero-order chi connectivity index (χ0) is 15.6. The molecule has 1 saturated heterocycles. The minimum absolute atomic E-state index is 0.0579. The Bertz CT molecular complexity index is 557. The Balaban J connectivity index is 2.09. The number of alkyl halides is 3. The summed E-state index contributed by atoms with van der Waals surface area (Å²) in [4.78, 5) is 24.2. The van der Waals surface area contributed by atoms with Gasteiger partial charge in [-0.3, -0.25) is 9.59 Å². The van der Waals surface area contributed by atoms with Crippen molar-refractivity contribution in [3.05, 3.63) is 35.4 Å². The number of rotatable bonds is 3. The lowest BCUT2D eigenvalue weighted by molar-refractivity contribution is -0.141. The Morgan fingerprint density at radius 1 is 1.29 bits per heavy atom. The van der Waals surface area contributed by atoms with Crippen molar-refractivity contribution >= 4 is 11.9 Å². The molecule has 1 amide bonds. The number of aliphatic carboxylic acids is 1. The topological polar surface area (TPSA) is 57.6 Å². The molecule has 0 aliphatic carbocycles. The van der Waals surface area contributed by atoms with Gasteiger partial charge >= 0.3 is 12.1 Å². The predicted molar refractivity (Wildman–Crippen MR) is 67.5 cm³/mol. The van der Waals surface area contributed by atoms with Crippen molar-refractivity contribution in [1.29, 1.82) is 0 Å². The van der Waals surface area contributed by atoms with Crippen molar-refractivity contribution in [3.8, 4) is 0 Å². The van der Waals surface area contributed by atoms with Gasteiger partial charge in [0.2, 0.25) is 5.91 Å². The first-order valence-corrected chi connectivity index (χ1v) is 6.44. The average Bonchev–Trinajstić information content (AvgIpc) is 2.88. The molecular formula is C14H14F3NO3. The molecule has 0 radical (unpaired) electrons. The van der Waals surface area contributed by atoms with Crippen LogP contribution in [0, 0.1) is 5.92 Å². The van der Waals surface area contributed by atoms with Gasteiger partial charge in [0.05, 0.1) is 17.9 Å². The van der Waals surface area contributed by atoms with Crippen LogP contribution >= 0.6 is 0 Å². The molecule has 1 aliphatic heterocycles. The van der Waals surface area contributed by atoms with Crippen molar-refractivity contribution < 1.29 is 27.9 Å². The summed E-state index contributed by atoms with van der Waals surface area (Å²) < 4.78 is 38.5. The smallest absolute Gasteiger partial charge is 0.416 e. The number of carbonyl (C=O) groups is 2. The summed E-state index contributed by atoms with van der Waals surface area (Å²) in [6.07, 6.45) is -4.55. The second-order valence-corrected chi connectivity index (χ2v) is 5.00. The number of hydrogen-bond acceptors (Lipinski definition) is 2. The molecule has 1 aliphatic rings. The molecule has 1 aromatic carbocycles. The van der Waals surface area contributed by atoms with Gasteiger partial charge in [-0.25, -0.2) is 0 Å². The lowest BCUT2D eigenvalue weighted by Gasteiger charge is -2.18. The van der Waals surface area contributed by atoms with E-state index >= 15 is 0 Å². The third-order valence-corrected chi connectivity index (χ3v) is 3.55. The normalized spacial score (nSPS) is 18.8. The zero-order valence-corrected chi connectivity index (χ0v) is 11.1. The van der Waals surface area contributed by atoms with Crippen molar-refractivity contribution in [2.24, 2.45) is 5.92 Å². The van der Waals surface area contributed by atoms with Crippen LogP contribution in [-0.2, 0) is 22.2 Å². The second-order valence-electron chi connectivity index (χ2n) is 5.00.